The molecule has 0 fully saturated rings. The maximum Gasteiger partial charge on any atom is 0.261 e. The Bertz CT molecular complexity index is 5380. The van der Waals surface area contributed by atoms with Crippen molar-refractivity contribution >= 4 is 166 Å². The second kappa shape index (κ2) is 25.9. The van der Waals surface area contributed by atoms with Gasteiger partial charge in [-0.1, -0.05) is 135 Å². The van der Waals surface area contributed by atoms with Gasteiger partial charge in [0.1, 0.15) is 0 Å². The first kappa shape index (κ1) is 66.9. The summed E-state index contributed by atoms with van der Waals surface area (Å²) < 4.78 is 0.455. The molecule has 0 saturated heterocycles. The predicted octanol–water partition coefficient (Wildman–Crippen LogP) is 19.9. The van der Waals surface area contributed by atoms with Crippen LogP contribution in [0.15, 0.2) is 65.1 Å². The monoisotopic (exact) mass is 1380 g/mol. The zero-order valence-electron chi connectivity index (χ0n) is 56.6. The van der Waals surface area contributed by atoms with Crippen molar-refractivity contribution in [1.29, 1.82) is 10.5 Å². The molecule has 17 nitrogen and oxygen atoms in total. The van der Waals surface area contributed by atoms with Gasteiger partial charge in [-0.25, -0.2) is 14.5 Å². The van der Waals surface area contributed by atoms with Crippen LogP contribution in [0.4, 0.5) is 17.1 Å². The topological polar surface area (TPSA) is 210 Å². The van der Waals surface area contributed by atoms with Crippen molar-refractivity contribution in [2.24, 2.45) is 0 Å². The van der Waals surface area contributed by atoms with Crippen LogP contribution in [-0.2, 0) is 0 Å². The van der Waals surface area contributed by atoms with Gasteiger partial charge in [-0.3, -0.25) is 58.0 Å². The first-order valence-electron chi connectivity index (χ1n) is 34.6. The van der Waals surface area contributed by atoms with E-state index in [1.165, 1.54) is 37.8 Å². The molecule has 10 aromatic rings. The van der Waals surface area contributed by atoms with E-state index >= 15 is 0 Å². The number of halogens is 1. The highest BCUT2D eigenvalue weighted by molar-refractivity contribution is 9.10. The number of hydrogen-bond acceptors (Lipinski definition) is 10. The highest BCUT2D eigenvalue weighted by Crippen LogP contribution is 2.56. The molecular weight excluding hydrogens is 1310 g/mol. The van der Waals surface area contributed by atoms with Gasteiger partial charge in [-0.15, -0.1) is 0 Å². The molecule has 4 aliphatic rings. The van der Waals surface area contributed by atoms with E-state index in [1.54, 1.807) is 30.3 Å². The van der Waals surface area contributed by atoms with Gasteiger partial charge in [-0.2, -0.15) is 10.5 Å². The lowest BCUT2D eigenvalue weighted by Crippen LogP contribution is -2.47. The summed E-state index contributed by atoms with van der Waals surface area (Å²) in [5, 5.41) is 28.7. The average molecular weight is 1380 g/mol. The number of carbonyl (C=O) groups is 8. The molecule has 494 valence electrons. The smallest absolute Gasteiger partial charge is 0.261 e. The molecule has 14 rings (SSSR count). The van der Waals surface area contributed by atoms with Crippen molar-refractivity contribution in [3.05, 3.63) is 155 Å². The van der Waals surface area contributed by atoms with Gasteiger partial charge in [0.2, 0.25) is 0 Å². The lowest BCUT2D eigenvalue weighted by atomic mass is 9.79. The third-order valence-electron chi connectivity index (χ3n) is 21.4. The normalized spacial score (nSPS) is 15.4. The zero-order chi connectivity index (χ0) is 70.5. The molecule has 4 heterocycles. The summed E-state index contributed by atoms with van der Waals surface area (Å²) in [7, 11) is 0. The van der Waals surface area contributed by atoms with Crippen molar-refractivity contribution < 1.29 is 38.4 Å². The molecule has 0 bridgehead atoms. The Morgan fingerprint density at radius 3 is 0.960 bits per heavy atom. The van der Waals surface area contributed by atoms with Crippen LogP contribution in [0.3, 0.4) is 0 Å². The van der Waals surface area contributed by atoms with Crippen molar-refractivity contribution in [3.63, 3.8) is 0 Å². The van der Waals surface area contributed by atoms with E-state index in [2.05, 4.69) is 63.4 Å². The number of nitrogens with zero attached hydrogens (tertiary/aromatic N) is 9. The Balaban J connectivity index is 0.000000178. The van der Waals surface area contributed by atoms with Gasteiger partial charge < -0.3 is 0 Å². The fourth-order valence-electron chi connectivity index (χ4n) is 16.7. The van der Waals surface area contributed by atoms with Crippen LogP contribution in [0.2, 0.25) is 0 Å². The number of amides is 8. The van der Waals surface area contributed by atoms with E-state index in [-0.39, 0.29) is 92.0 Å². The molecule has 18 heteroatoms. The summed E-state index contributed by atoms with van der Waals surface area (Å²) in [4.78, 5) is 131. The third-order valence-corrected chi connectivity index (χ3v) is 22.0. The van der Waals surface area contributed by atoms with Crippen LogP contribution in [0, 0.1) is 42.4 Å². The minimum Gasteiger partial charge on any atom is -0.271 e. The Labute approximate surface area is 581 Å². The molecule has 4 aliphatic heterocycles. The molecule has 0 saturated carbocycles. The molecule has 4 unspecified atom stereocenters. The molecule has 0 aliphatic carbocycles. The largest absolute Gasteiger partial charge is 0.271 e. The first-order chi connectivity index (χ1) is 47.9. The lowest BCUT2D eigenvalue weighted by Gasteiger charge is -2.36. The molecule has 8 amide bonds. The Morgan fingerprint density at radius 1 is 0.343 bits per heavy atom. The van der Waals surface area contributed by atoms with E-state index in [0.717, 1.165) is 57.8 Å². The standard InChI is InChI=1S/C41H34BrN5O4.C40H36N4O4/c1-7-11-13-21(9-3)46-38(48)23-15-20(19-43)30-33-27(42)16-24-32-26(41(51)47(39(24)49)22(10-4)14-12-8-2)18-29(45-6)35(37(32)33)34-28(44-5)17-25(40(46)50)31(23)36(30)34;1-6-10-12-22(8-3)43-37(45)26-16-14-24-31-21(20-41)18-28-34-29(40(48)44(39(28)47)23(9-4)13-11-7-2)19-30(42-5)35(36(31)34)25-15-17-27(38(43)46)33(26)32(24)25/h15-18,21-22H,7-14H2,1-4H3;14-19,22-23H,6-13H2,1-4H3. The summed E-state index contributed by atoms with van der Waals surface area (Å²) in [6.45, 7) is 41.0. The summed E-state index contributed by atoms with van der Waals surface area (Å²) in [5.74, 6) is -3.44. The summed E-state index contributed by atoms with van der Waals surface area (Å²) in [6, 6.07) is 19.8. The molecule has 0 spiro atoms. The Hall–Kier alpha value is -10.7. The van der Waals surface area contributed by atoms with Crippen LogP contribution < -0.4 is 0 Å². The van der Waals surface area contributed by atoms with Crippen LogP contribution >= 0.6 is 15.9 Å². The highest BCUT2D eigenvalue weighted by atomic mass is 79.9. The minimum absolute atomic E-state index is 0.0807. The average Bonchev–Trinajstić information content (AvgIpc) is 0.675. The first-order valence-corrected chi connectivity index (χ1v) is 35.4. The molecule has 0 aromatic heterocycles. The van der Waals surface area contributed by atoms with E-state index in [1.807, 2.05) is 46.8 Å². The minimum atomic E-state index is -0.495. The zero-order valence-corrected chi connectivity index (χ0v) is 58.2. The van der Waals surface area contributed by atoms with Crippen molar-refractivity contribution in [3.8, 4) is 12.1 Å². The number of nitriles is 2. The van der Waals surface area contributed by atoms with Crippen LogP contribution in [0.5, 0.6) is 0 Å². The van der Waals surface area contributed by atoms with E-state index in [4.69, 9.17) is 19.7 Å². The van der Waals surface area contributed by atoms with Gasteiger partial charge >= 0.3 is 0 Å². The van der Waals surface area contributed by atoms with E-state index in [0.29, 0.717) is 152 Å². The van der Waals surface area contributed by atoms with Crippen LogP contribution in [-0.4, -0.2) is 91.0 Å². The van der Waals surface area contributed by atoms with Gasteiger partial charge in [0.25, 0.3) is 47.3 Å². The second-order valence-corrected chi connectivity index (χ2v) is 27.4. The summed E-state index contributed by atoms with van der Waals surface area (Å²) in [6.07, 6.45) is 12.2. The van der Waals surface area contributed by atoms with E-state index < -0.39 is 35.4 Å². The molecular formula is C81H70BrN9O8. The number of benzene rings is 10. The number of rotatable bonds is 20. The Morgan fingerprint density at radius 2 is 0.626 bits per heavy atom. The molecule has 0 N–H and O–H groups in total. The van der Waals surface area contributed by atoms with Gasteiger partial charge in [0, 0.05) is 111 Å². The number of carbonyl (C=O) groups excluding carboxylic acids is 8. The molecule has 0 radical (unpaired) electrons. The summed E-state index contributed by atoms with van der Waals surface area (Å²) in [5.41, 5.74) is 3.07. The highest BCUT2D eigenvalue weighted by Gasteiger charge is 2.45. The lowest BCUT2D eigenvalue weighted by molar-refractivity contribution is 0.0508. The SMILES string of the molecule is [C-]#[N+]c1cc2c3c(cc(Br)c4c5c(C#N)cc6c7c(cc([N+]#[C-])c(c1c34)c75)C(=O)N(C(CC)CCCC)C6=O)C(=O)N(C(CC)CCCC)C2=O.[C-]#[N+]c1cc2c3c(cc(C#N)c4c5ccc6c7c(ccc(c1c34)c75)C(=O)N(C(CC)CCCC)C6=O)C(=O)N(C(CC)CCCC)C2=O. The van der Waals surface area contributed by atoms with E-state index in [9.17, 15) is 48.9 Å². The van der Waals surface area contributed by atoms with Crippen LogP contribution in [0.25, 0.3) is 101 Å². The van der Waals surface area contributed by atoms with Crippen molar-refractivity contribution in [1.82, 2.24) is 19.6 Å². The fourth-order valence-corrected chi connectivity index (χ4v) is 17.3. The number of unbranched alkanes of at least 4 members (excludes halogenated alkanes) is 4. The predicted molar refractivity (Wildman–Crippen MR) is 388 cm³/mol. The third kappa shape index (κ3) is 9.59. The quantitative estimate of drug-likeness (QED) is 0.0305. The molecule has 10 aromatic carbocycles. The van der Waals surface area contributed by atoms with Gasteiger partial charge in [-0.05, 0) is 148 Å². The van der Waals surface area contributed by atoms with Gasteiger partial charge in [0.15, 0.2) is 17.1 Å². The van der Waals surface area contributed by atoms with Gasteiger partial charge in [0.05, 0.1) is 43.0 Å². The fraction of sp³-hybridized carbons (Fsp3) is 0.346. The molecule has 4 atom stereocenters. The number of imide groups is 4. The number of hydrogen-bond donors (Lipinski definition) is 0. The maximum atomic E-state index is 14.3. The van der Waals surface area contributed by atoms with Crippen molar-refractivity contribution in [2.45, 2.75) is 182 Å². The van der Waals surface area contributed by atoms with Crippen LogP contribution in [0.1, 0.15) is 252 Å². The second-order valence-electron chi connectivity index (χ2n) is 26.5. The number of fused-ring (bicyclic) bond motifs is 4. The molecule has 99 heavy (non-hydrogen) atoms. The summed E-state index contributed by atoms with van der Waals surface area (Å²) >= 11 is 3.72. The Kier molecular flexibility index (Phi) is 17.5. The maximum absolute atomic E-state index is 14.3. The van der Waals surface area contributed by atoms with Crippen molar-refractivity contribution in [2.75, 3.05) is 0 Å².